The summed E-state index contributed by atoms with van der Waals surface area (Å²) in [4.78, 5) is 3.90. The molecule has 1 aromatic heterocycles. The van der Waals surface area contributed by atoms with E-state index in [-0.39, 0.29) is 12.8 Å². The average Bonchev–Trinajstić information content (AvgIpc) is 2.99. The van der Waals surface area contributed by atoms with Crippen LogP contribution in [0.4, 0.5) is 24.5 Å². The zero-order chi connectivity index (χ0) is 12.5. The van der Waals surface area contributed by atoms with Gasteiger partial charge in [0.15, 0.2) is 0 Å². The van der Waals surface area contributed by atoms with Crippen LogP contribution in [-0.4, -0.2) is 23.2 Å². The minimum atomic E-state index is -4.21. The maximum atomic E-state index is 12.7. The summed E-state index contributed by atoms with van der Waals surface area (Å²) in [6, 6.07) is 1.64. The second-order valence-corrected chi connectivity index (χ2v) is 4.20. The molecule has 0 aromatic carbocycles. The largest absolute Gasteiger partial charge is 0.411 e. The summed E-state index contributed by atoms with van der Waals surface area (Å²) >= 11 is 0. The summed E-state index contributed by atoms with van der Waals surface area (Å²) in [6.07, 6.45) is -0.959. The molecule has 3 nitrogen and oxygen atoms in total. The standard InChI is InChI=1S/C11H14F3N3/c1-2-16-8-5-9(7-15-6-8)17-10(3-4-10)11(12,13)14/h5-7,16-17H,2-4H2,1H3. The van der Waals surface area contributed by atoms with Crippen LogP contribution in [0.1, 0.15) is 19.8 Å². The van der Waals surface area contributed by atoms with Gasteiger partial charge in [0.1, 0.15) is 5.54 Å². The maximum absolute atomic E-state index is 12.7. The van der Waals surface area contributed by atoms with E-state index < -0.39 is 11.7 Å². The quantitative estimate of drug-likeness (QED) is 0.856. The smallest absolute Gasteiger partial charge is 0.384 e. The van der Waals surface area contributed by atoms with Crippen LogP contribution in [-0.2, 0) is 0 Å². The molecule has 17 heavy (non-hydrogen) atoms. The summed E-state index contributed by atoms with van der Waals surface area (Å²) in [6.45, 7) is 2.62. The van der Waals surface area contributed by atoms with Crippen molar-refractivity contribution in [2.75, 3.05) is 17.2 Å². The van der Waals surface area contributed by atoms with Crippen LogP contribution >= 0.6 is 0 Å². The second kappa shape index (κ2) is 4.09. The molecule has 0 saturated heterocycles. The molecular formula is C11H14F3N3. The first kappa shape index (κ1) is 12.0. The Hall–Kier alpha value is -1.46. The molecule has 0 amide bonds. The van der Waals surface area contributed by atoms with Gasteiger partial charge in [-0.2, -0.15) is 13.2 Å². The summed E-state index contributed by atoms with van der Waals surface area (Å²) in [5.41, 5.74) is -0.617. The Kier molecular flexibility index (Phi) is 2.89. The molecule has 94 valence electrons. The molecule has 1 aromatic rings. The third-order valence-electron chi connectivity index (χ3n) is 2.80. The molecule has 1 aliphatic carbocycles. The summed E-state index contributed by atoms with van der Waals surface area (Å²) < 4.78 is 38.2. The lowest BCUT2D eigenvalue weighted by molar-refractivity contribution is -0.151. The van der Waals surface area contributed by atoms with E-state index in [1.165, 1.54) is 6.20 Å². The number of hydrogen-bond acceptors (Lipinski definition) is 3. The first-order valence-corrected chi connectivity index (χ1v) is 5.51. The SMILES string of the molecule is CCNc1cncc(NC2(C(F)(F)F)CC2)c1. The Bertz CT molecular complexity index is 399. The minimum Gasteiger partial charge on any atom is -0.384 e. The van der Waals surface area contributed by atoms with Crippen molar-refractivity contribution in [3.05, 3.63) is 18.5 Å². The van der Waals surface area contributed by atoms with Gasteiger partial charge in [-0.05, 0) is 25.8 Å². The molecule has 0 aliphatic heterocycles. The number of hydrogen-bond donors (Lipinski definition) is 2. The molecule has 0 unspecified atom stereocenters. The molecule has 1 fully saturated rings. The van der Waals surface area contributed by atoms with Gasteiger partial charge in [-0.25, -0.2) is 0 Å². The second-order valence-electron chi connectivity index (χ2n) is 4.20. The summed E-state index contributed by atoms with van der Waals surface area (Å²) in [5.74, 6) is 0. The topological polar surface area (TPSA) is 37.0 Å². The van der Waals surface area contributed by atoms with E-state index in [1.54, 1.807) is 12.3 Å². The van der Waals surface area contributed by atoms with Gasteiger partial charge >= 0.3 is 6.18 Å². The number of rotatable bonds is 4. The average molecular weight is 245 g/mol. The minimum absolute atomic E-state index is 0.127. The van der Waals surface area contributed by atoms with Gasteiger partial charge in [0.25, 0.3) is 0 Å². The molecule has 2 rings (SSSR count). The van der Waals surface area contributed by atoms with E-state index in [4.69, 9.17) is 0 Å². The number of pyridine rings is 1. The number of aromatic nitrogens is 1. The van der Waals surface area contributed by atoms with Crippen LogP contribution in [0.3, 0.4) is 0 Å². The van der Waals surface area contributed by atoms with Crippen LogP contribution in [0, 0.1) is 0 Å². The Morgan fingerprint density at radius 1 is 1.29 bits per heavy atom. The van der Waals surface area contributed by atoms with Crippen LogP contribution < -0.4 is 10.6 Å². The Morgan fingerprint density at radius 3 is 2.47 bits per heavy atom. The van der Waals surface area contributed by atoms with E-state index in [0.717, 1.165) is 5.69 Å². The van der Waals surface area contributed by atoms with Crippen molar-refractivity contribution in [2.24, 2.45) is 0 Å². The lowest BCUT2D eigenvalue weighted by Crippen LogP contribution is -2.38. The number of alkyl halides is 3. The van der Waals surface area contributed by atoms with Crippen LogP contribution in [0.5, 0.6) is 0 Å². The van der Waals surface area contributed by atoms with Gasteiger partial charge in [-0.3, -0.25) is 4.98 Å². The predicted molar refractivity (Wildman–Crippen MR) is 60.0 cm³/mol. The highest BCUT2D eigenvalue weighted by molar-refractivity contribution is 5.56. The maximum Gasteiger partial charge on any atom is 0.411 e. The van der Waals surface area contributed by atoms with Crippen LogP contribution in [0.2, 0.25) is 0 Å². The van der Waals surface area contributed by atoms with Crippen LogP contribution in [0.15, 0.2) is 18.5 Å². The van der Waals surface area contributed by atoms with E-state index in [1.807, 2.05) is 6.92 Å². The van der Waals surface area contributed by atoms with Crippen molar-refractivity contribution in [3.8, 4) is 0 Å². The van der Waals surface area contributed by atoms with Gasteiger partial charge in [-0.1, -0.05) is 0 Å². The fourth-order valence-corrected chi connectivity index (χ4v) is 1.69. The molecule has 0 spiro atoms. The number of nitrogens with zero attached hydrogens (tertiary/aromatic N) is 1. The molecule has 2 N–H and O–H groups in total. The van der Waals surface area contributed by atoms with Gasteiger partial charge in [0.05, 0.1) is 23.8 Å². The van der Waals surface area contributed by atoms with Crippen molar-refractivity contribution in [2.45, 2.75) is 31.5 Å². The highest BCUT2D eigenvalue weighted by Crippen LogP contribution is 2.51. The summed E-state index contributed by atoms with van der Waals surface area (Å²) in [5, 5.41) is 5.55. The molecular weight excluding hydrogens is 231 g/mol. The molecule has 1 saturated carbocycles. The zero-order valence-corrected chi connectivity index (χ0v) is 9.43. The van der Waals surface area contributed by atoms with Crippen molar-refractivity contribution in [1.29, 1.82) is 0 Å². The molecule has 1 aliphatic rings. The van der Waals surface area contributed by atoms with Crippen LogP contribution in [0.25, 0.3) is 0 Å². The van der Waals surface area contributed by atoms with Crippen molar-refractivity contribution >= 4 is 11.4 Å². The van der Waals surface area contributed by atoms with Crippen molar-refractivity contribution < 1.29 is 13.2 Å². The highest BCUT2D eigenvalue weighted by Gasteiger charge is 2.63. The van der Waals surface area contributed by atoms with Gasteiger partial charge in [-0.15, -0.1) is 0 Å². The zero-order valence-electron chi connectivity index (χ0n) is 9.43. The van der Waals surface area contributed by atoms with Crippen molar-refractivity contribution in [1.82, 2.24) is 4.98 Å². The van der Waals surface area contributed by atoms with E-state index in [2.05, 4.69) is 15.6 Å². The lowest BCUT2D eigenvalue weighted by atomic mass is 10.2. The molecule has 0 bridgehead atoms. The number of halogens is 3. The summed E-state index contributed by atoms with van der Waals surface area (Å²) in [7, 11) is 0. The number of nitrogens with one attached hydrogen (secondary N) is 2. The molecule has 0 radical (unpaired) electrons. The third-order valence-corrected chi connectivity index (χ3v) is 2.80. The van der Waals surface area contributed by atoms with E-state index in [0.29, 0.717) is 12.2 Å². The molecule has 6 heteroatoms. The Morgan fingerprint density at radius 2 is 1.94 bits per heavy atom. The van der Waals surface area contributed by atoms with E-state index >= 15 is 0 Å². The molecule has 1 heterocycles. The Balaban J connectivity index is 2.11. The van der Waals surface area contributed by atoms with Gasteiger partial charge < -0.3 is 10.6 Å². The van der Waals surface area contributed by atoms with Gasteiger partial charge in [0.2, 0.25) is 0 Å². The van der Waals surface area contributed by atoms with E-state index in [9.17, 15) is 13.2 Å². The van der Waals surface area contributed by atoms with Gasteiger partial charge in [0, 0.05) is 6.54 Å². The normalized spacial score (nSPS) is 17.6. The third kappa shape index (κ3) is 2.45. The first-order valence-electron chi connectivity index (χ1n) is 5.51. The predicted octanol–water partition coefficient (Wildman–Crippen LogP) is 3.02. The molecule has 0 atom stereocenters. The fourth-order valence-electron chi connectivity index (χ4n) is 1.69. The fraction of sp³-hybridized carbons (Fsp3) is 0.545. The lowest BCUT2D eigenvalue weighted by Gasteiger charge is -2.22. The first-order chi connectivity index (χ1) is 7.97. The van der Waals surface area contributed by atoms with Crippen molar-refractivity contribution in [3.63, 3.8) is 0 Å². The Labute approximate surface area is 97.4 Å². The monoisotopic (exact) mass is 245 g/mol. The highest BCUT2D eigenvalue weighted by atomic mass is 19.4. The number of anilines is 2.